The summed E-state index contributed by atoms with van der Waals surface area (Å²) in [5, 5.41) is 2.86. The number of amides is 2. The number of fused-ring (bicyclic) bond motifs is 1. The van der Waals surface area contributed by atoms with Crippen molar-refractivity contribution in [1.82, 2.24) is 10.3 Å². The first-order valence-electron chi connectivity index (χ1n) is 9.32. The van der Waals surface area contributed by atoms with E-state index in [1.54, 1.807) is 12.4 Å². The number of pyridine rings is 1. The van der Waals surface area contributed by atoms with Crippen LogP contribution in [-0.2, 0) is 16.1 Å². The van der Waals surface area contributed by atoms with E-state index in [4.69, 9.17) is 0 Å². The van der Waals surface area contributed by atoms with E-state index in [0.717, 1.165) is 26.2 Å². The molecule has 1 aliphatic heterocycles. The third kappa shape index (κ3) is 4.80. The predicted molar refractivity (Wildman–Crippen MR) is 123 cm³/mol. The van der Waals surface area contributed by atoms with Gasteiger partial charge in [-0.15, -0.1) is 0 Å². The van der Waals surface area contributed by atoms with Gasteiger partial charge in [-0.2, -0.15) is 0 Å². The van der Waals surface area contributed by atoms with E-state index in [1.165, 1.54) is 16.7 Å². The molecule has 150 valence electrons. The van der Waals surface area contributed by atoms with Crippen LogP contribution in [0.15, 0.2) is 87.3 Å². The van der Waals surface area contributed by atoms with E-state index in [0.29, 0.717) is 11.4 Å². The Labute approximate surface area is 187 Å². The Kier molecular flexibility index (Phi) is 6.30. The molecule has 4 rings (SSSR count). The fraction of sp³-hybridized carbons (Fsp3) is 0.0870. The lowest BCUT2D eigenvalue weighted by atomic mass is 10.2. The summed E-state index contributed by atoms with van der Waals surface area (Å²) in [7, 11) is 0. The van der Waals surface area contributed by atoms with Gasteiger partial charge in [0, 0.05) is 28.3 Å². The number of rotatable bonds is 5. The van der Waals surface area contributed by atoms with E-state index in [1.807, 2.05) is 66.7 Å². The van der Waals surface area contributed by atoms with Crippen LogP contribution < -0.4 is 10.2 Å². The van der Waals surface area contributed by atoms with E-state index in [-0.39, 0.29) is 18.4 Å². The zero-order chi connectivity index (χ0) is 20.9. The number of anilines is 1. The predicted octanol–water partition coefficient (Wildman–Crippen LogP) is 4.64. The second kappa shape index (κ2) is 9.28. The van der Waals surface area contributed by atoms with Crippen molar-refractivity contribution in [2.75, 3.05) is 11.4 Å². The Bertz CT molecular complexity index is 1120. The number of para-hydroxylation sites is 1. The maximum atomic E-state index is 13.2. The molecule has 0 aliphatic carbocycles. The normalized spacial score (nSPS) is 14.5. The van der Waals surface area contributed by atoms with Crippen molar-refractivity contribution in [2.24, 2.45) is 0 Å². The van der Waals surface area contributed by atoms with E-state index in [9.17, 15) is 9.59 Å². The van der Waals surface area contributed by atoms with Crippen LogP contribution >= 0.6 is 27.7 Å². The summed E-state index contributed by atoms with van der Waals surface area (Å²) in [6.45, 7) is 0.318. The number of hydrogen-bond donors (Lipinski definition) is 1. The molecule has 0 atom stereocenters. The molecule has 1 aromatic heterocycles. The van der Waals surface area contributed by atoms with E-state index in [2.05, 4.69) is 26.2 Å². The van der Waals surface area contributed by atoms with Crippen LogP contribution in [0.2, 0.25) is 0 Å². The summed E-state index contributed by atoms with van der Waals surface area (Å²) >= 11 is 4.88. The zero-order valence-electron chi connectivity index (χ0n) is 15.9. The van der Waals surface area contributed by atoms with Gasteiger partial charge in [-0.05, 0) is 47.5 Å². The van der Waals surface area contributed by atoms with Gasteiger partial charge < -0.3 is 5.32 Å². The van der Waals surface area contributed by atoms with Crippen molar-refractivity contribution in [1.29, 1.82) is 0 Å². The fourth-order valence-electron chi connectivity index (χ4n) is 3.07. The van der Waals surface area contributed by atoms with Crippen LogP contribution in [0, 0.1) is 0 Å². The van der Waals surface area contributed by atoms with Crippen LogP contribution in [0.5, 0.6) is 0 Å². The maximum Gasteiger partial charge on any atom is 0.265 e. The Morgan fingerprint density at radius 2 is 2.00 bits per heavy atom. The highest BCUT2D eigenvalue weighted by molar-refractivity contribution is 9.10. The summed E-state index contributed by atoms with van der Waals surface area (Å²) in [5.41, 5.74) is 2.57. The summed E-state index contributed by atoms with van der Waals surface area (Å²) in [5.74, 6) is -0.411. The van der Waals surface area contributed by atoms with E-state index >= 15 is 0 Å². The van der Waals surface area contributed by atoms with Crippen LogP contribution in [0.25, 0.3) is 6.08 Å². The van der Waals surface area contributed by atoms with Gasteiger partial charge in [-0.25, -0.2) is 0 Å². The van der Waals surface area contributed by atoms with Crippen LogP contribution in [0.3, 0.4) is 0 Å². The number of benzene rings is 2. The van der Waals surface area contributed by atoms with Crippen LogP contribution in [-0.4, -0.2) is 23.3 Å². The fourth-order valence-corrected chi connectivity index (χ4v) is 4.55. The van der Waals surface area contributed by atoms with Crippen molar-refractivity contribution < 1.29 is 9.59 Å². The van der Waals surface area contributed by atoms with Crippen LogP contribution in [0.1, 0.15) is 11.1 Å². The highest BCUT2D eigenvalue weighted by Gasteiger charge is 2.30. The van der Waals surface area contributed by atoms with Crippen molar-refractivity contribution in [3.05, 3.63) is 93.6 Å². The maximum absolute atomic E-state index is 13.2. The minimum absolute atomic E-state index is 0.0491. The monoisotopic (exact) mass is 479 g/mol. The molecule has 2 heterocycles. The minimum Gasteiger partial charge on any atom is -0.350 e. The summed E-state index contributed by atoms with van der Waals surface area (Å²) in [4.78, 5) is 32.9. The lowest BCUT2D eigenvalue weighted by Gasteiger charge is -2.29. The van der Waals surface area contributed by atoms with Crippen molar-refractivity contribution in [2.45, 2.75) is 11.4 Å². The molecule has 0 saturated heterocycles. The number of thioether (sulfide) groups is 1. The largest absolute Gasteiger partial charge is 0.350 e. The van der Waals surface area contributed by atoms with Gasteiger partial charge in [0.15, 0.2) is 0 Å². The molecule has 3 aromatic rings. The van der Waals surface area contributed by atoms with Crippen molar-refractivity contribution >= 4 is 51.3 Å². The first-order valence-corrected chi connectivity index (χ1v) is 10.9. The Morgan fingerprint density at radius 1 is 1.13 bits per heavy atom. The topological polar surface area (TPSA) is 62.3 Å². The van der Waals surface area contributed by atoms with Crippen molar-refractivity contribution in [3.63, 3.8) is 0 Å². The number of halogens is 1. The number of hydrogen-bond acceptors (Lipinski definition) is 4. The van der Waals surface area contributed by atoms with Gasteiger partial charge in [0.2, 0.25) is 5.91 Å². The highest BCUT2D eigenvalue weighted by Crippen LogP contribution is 2.41. The standard InChI is InChI=1S/C23H18BrN3O2S/c24-18-7-3-5-16(11-18)12-21-23(29)27(19-8-1-2-9-20(19)30-21)15-22(28)26-14-17-6-4-10-25-13-17/h1-13H,14-15H2,(H,26,28)/b21-12+. The highest BCUT2D eigenvalue weighted by atomic mass is 79.9. The molecule has 7 heteroatoms. The lowest BCUT2D eigenvalue weighted by Crippen LogP contribution is -2.42. The number of aromatic nitrogens is 1. The van der Waals surface area contributed by atoms with Crippen molar-refractivity contribution in [3.8, 4) is 0 Å². The molecule has 0 fully saturated rings. The third-order valence-electron chi connectivity index (χ3n) is 4.49. The molecule has 0 radical (unpaired) electrons. The molecular weight excluding hydrogens is 462 g/mol. The smallest absolute Gasteiger partial charge is 0.265 e. The average molecular weight is 480 g/mol. The van der Waals surface area contributed by atoms with Gasteiger partial charge in [-0.1, -0.05) is 58.0 Å². The first-order chi connectivity index (χ1) is 14.6. The van der Waals surface area contributed by atoms with Gasteiger partial charge >= 0.3 is 0 Å². The summed E-state index contributed by atoms with van der Waals surface area (Å²) < 4.78 is 0.942. The second-order valence-corrected chi connectivity index (χ2v) is 8.66. The summed E-state index contributed by atoms with van der Waals surface area (Å²) in [6, 6.07) is 19.1. The Morgan fingerprint density at radius 3 is 2.80 bits per heavy atom. The molecule has 1 N–H and O–H groups in total. The van der Waals surface area contributed by atoms with Gasteiger partial charge in [0.1, 0.15) is 6.54 Å². The third-order valence-corrected chi connectivity index (χ3v) is 6.06. The molecule has 0 spiro atoms. The lowest BCUT2D eigenvalue weighted by molar-refractivity contribution is -0.122. The molecule has 1 aliphatic rings. The first kappa shape index (κ1) is 20.4. The number of carbonyl (C=O) groups excluding carboxylic acids is 2. The SMILES string of the molecule is O=C(CN1C(=O)/C(=C\c2cccc(Br)c2)Sc2ccccc21)NCc1cccnc1. The molecular formula is C23H18BrN3O2S. The average Bonchev–Trinajstić information content (AvgIpc) is 2.76. The van der Waals surface area contributed by atoms with Gasteiger partial charge in [-0.3, -0.25) is 19.5 Å². The molecule has 0 saturated carbocycles. The number of nitrogens with one attached hydrogen (secondary N) is 1. The van der Waals surface area contributed by atoms with E-state index < -0.39 is 0 Å². The summed E-state index contributed by atoms with van der Waals surface area (Å²) in [6.07, 6.45) is 5.25. The second-order valence-electron chi connectivity index (χ2n) is 6.66. The molecule has 2 amide bonds. The molecule has 5 nitrogen and oxygen atoms in total. The van der Waals surface area contributed by atoms with Gasteiger partial charge in [0.05, 0.1) is 10.6 Å². The zero-order valence-corrected chi connectivity index (χ0v) is 18.3. The molecule has 2 aromatic carbocycles. The molecule has 30 heavy (non-hydrogen) atoms. The Balaban J connectivity index is 1.56. The van der Waals surface area contributed by atoms with Crippen LogP contribution in [0.4, 0.5) is 5.69 Å². The number of nitrogens with zero attached hydrogens (tertiary/aromatic N) is 2. The quantitative estimate of drug-likeness (QED) is 0.541. The number of carbonyl (C=O) groups is 2. The molecule has 0 unspecified atom stereocenters. The Hall–Kier alpha value is -2.90. The minimum atomic E-state index is -0.226. The molecule has 0 bridgehead atoms. The van der Waals surface area contributed by atoms with Gasteiger partial charge in [0.25, 0.3) is 5.91 Å².